The van der Waals surface area contributed by atoms with Crippen LogP contribution < -0.4 is 4.74 Å². The summed E-state index contributed by atoms with van der Waals surface area (Å²) >= 11 is 0. The van der Waals surface area contributed by atoms with E-state index in [4.69, 9.17) is 4.74 Å². The highest BCUT2D eigenvalue weighted by molar-refractivity contribution is 5.29. The van der Waals surface area contributed by atoms with Crippen molar-refractivity contribution in [3.63, 3.8) is 0 Å². The lowest BCUT2D eigenvalue weighted by molar-refractivity contribution is 0.258. The second-order valence-electron chi connectivity index (χ2n) is 13.2. The SMILES string of the molecule is CCCCCOc1ccc([C@H]2CC[C@H](CCc3ccc(F)nc3)CC2)cc1.CC[C@H]1CC[C@H](CCc2ccc(F)nc2)CC1. The smallest absolute Gasteiger partial charge is 0.212 e. The first kappa shape index (κ1) is 34.1. The Morgan fingerprint density at radius 2 is 1.16 bits per heavy atom. The van der Waals surface area contributed by atoms with E-state index in [0.29, 0.717) is 5.92 Å². The van der Waals surface area contributed by atoms with Crippen molar-refractivity contribution in [1.29, 1.82) is 0 Å². The van der Waals surface area contributed by atoms with Gasteiger partial charge in [0.05, 0.1) is 6.61 Å². The Bertz CT molecular complexity index is 1170. The average molecular weight is 605 g/mol. The fourth-order valence-corrected chi connectivity index (χ4v) is 6.94. The predicted octanol–water partition coefficient (Wildman–Crippen LogP) is 11.1. The summed E-state index contributed by atoms with van der Waals surface area (Å²) in [7, 11) is 0. The third kappa shape index (κ3) is 11.9. The van der Waals surface area contributed by atoms with Crippen LogP contribution in [0.2, 0.25) is 0 Å². The number of benzene rings is 1. The zero-order valence-electron chi connectivity index (χ0n) is 27.2. The molecule has 0 radical (unpaired) electrons. The fourth-order valence-electron chi connectivity index (χ4n) is 6.94. The van der Waals surface area contributed by atoms with Gasteiger partial charge in [0, 0.05) is 12.4 Å². The molecule has 5 rings (SSSR count). The summed E-state index contributed by atoms with van der Waals surface area (Å²) in [6.45, 7) is 5.33. The van der Waals surface area contributed by atoms with E-state index >= 15 is 0 Å². The zero-order valence-corrected chi connectivity index (χ0v) is 27.2. The largest absolute Gasteiger partial charge is 0.494 e. The van der Waals surface area contributed by atoms with E-state index in [1.54, 1.807) is 12.4 Å². The average Bonchev–Trinajstić information content (AvgIpc) is 3.07. The number of hydrogen-bond donors (Lipinski definition) is 0. The number of halogens is 2. The normalized spacial score (nSPS) is 21.7. The number of ether oxygens (including phenoxy) is 1. The maximum absolute atomic E-state index is 12.9. The summed E-state index contributed by atoms with van der Waals surface area (Å²) in [5, 5.41) is 0. The highest BCUT2D eigenvalue weighted by Gasteiger charge is 2.22. The number of pyridine rings is 2. The molecule has 2 aromatic heterocycles. The molecule has 0 N–H and O–H groups in total. The summed E-state index contributed by atoms with van der Waals surface area (Å²) in [6.07, 6.45) is 23.5. The van der Waals surface area contributed by atoms with Gasteiger partial charge in [-0.25, -0.2) is 9.97 Å². The lowest BCUT2D eigenvalue weighted by atomic mass is 9.77. The first-order chi connectivity index (χ1) is 21.5. The van der Waals surface area contributed by atoms with Gasteiger partial charge in [0.1, 0.15) is 5.75 Å². The highest BCUT2D eigenvalue weighted by Crippen LogP contribution is 2.38. The van der Waals surface area contributed by atoms with Crippen LogP contribution in [-0.2, 0) is 12.8 Å². The van der Waals surface area contributed by atoms with Crippen LogP contribution in [0, 0.1) is 29.6 Å². The van der Waals surface area contributed by atoms with Crippen LogP contribution in [0.3, 0.4) is 0 Å². The van der Waals surface area contributed by atoms with E-state index < -0.39 is 5.95 Å². The van der Waals surface area contributed by atoms with Crippen LogP contribution in [0.4, 0.5) is 8.78 Å². The number of hydrogen-bond acceptors (Lipinski definition) is 3. The summed E-state index contributed by atoms with van der Waals surface area (Å²) in [5.74, 6) is 3.54. The molecular weight excluding hydrogens is 550 g/mol. The molecule has 0 bridgehead atoms. The molecule has 0 saturated heterocycles. The van der Waals surface area contributed by atoms with Crippen LogP contribution in [0.1, 0.15) is 126 Å². The molecule has 0 spiro atoms. The maximum Gasteiger partial charge on any atom is 0.212 e. The summed E-state index contributed by atoms with van der Waals surface area (Å²) < 4.78 is 31.4. The van der Waals surface area contributed by atoms with Crippen molar-refractivity contribution in [3.8, 4) is 5.75 Å². The predicted molar refractivity (Wildman–Crippen MR) is 177 cm³/mol. The molecule has 0 atom stereocenters. The van der Waals surface area contributed by atoms with Crippen LogP contribution >= 0.6 is 0 Å². The molecule has 44 heavy (non-hydrogen) atoms. The van der Waals surface area contributed by atoms with Gasteiger partial charge in [0.25, 0.3) is 0 Å². The Hall–Kier alpha value is -2.82. The molecule has 2 aliphatic rings. The van der Waals surface area contributed by atoms with E-state index in [1.165, 1.54) is 107 Å². The summed E-state index contributed by atoms with van der Waals surface area (Å²) in [6, 6.07) is 15.4. The van der Waals surface area contributed by atoms with Crippen molar-refractivity contribution in [2.24, 2.45) is 17.8 Å². The lowest BCUT2D eigenvalue weighted by Gasteiger charge is -2.29. The third-order valence-corrected chi connectivity index (χ3v) is 10.0. The molecule has 2 aliphatic carbocycles. The number of aromatic nitrogens is 2. The lowest BCUT2D eigenvalue weighted by Crippen LogP contribution is -2.14. The quantitative estimate of drug-likeness (QED) is 0.144. The first-order valence-corrected chi connectivity index (χ1v) is 17.5. The van der Waals surface area contributed by atoms with Gasteiger partial charge in [-0.05, 0) is 122 Å². The topological polar surface area (TPSA) is 35.0 Å². The second kappa shape index (κ2) is 18.9. The van der Waals surface area contributed by atoms with Gasteiger partial charge in [-0.3, -0.25) is 0 Å². The van der Waals surface area contributed by atoms with Crippen molar-refractivity contribution in [1.82, 2.24) is 9.97 Å². The third-order valence-electron chi connectivity index (χ3n) is 10.0. The molecule has 2 fully saturated rings. The molecule has 240 valence electrons. The van der Waals surface area contributed by atoms with Gasteiger partial charge in [-0.15, -0.1) is 0 Å². The molecule has 2 heterocycles. The highest BCUT2D eigenvalue weighted by atomic mass is 19.1. The molecule has 3 aromatic rings. The Balaban J connectivity index is 0.000000223. The number of aryl methyl sites for hydroxylation is 2. The fraction of sp³-hybridized carbons (Fsp3) is 0.590. The summed E-state index contributed by atoms with van der Waals surface area (Å²) in [4.78, 5) is 7.45. The molecule has 5 heteroatoms. The Morgan fingerprint density at radius 1 is 0.636 bits per heavy atom. The van der Waals surface area contributed by atoms with Crippen molar-refractivity contribution in [2.75, 3.05) is 6.61 Å². The van der Waals surface area contributed by atoms with Crippen molar-refractivity contribution in [3.05, 3.63) is 89.5 Å². The Morgan fingerprint density at radius 3 is 1.64 bits per heavy atom. The first-order valence-electron chi connectivity index (χ1n) is 17.5. The van der Waals surface area contributed by atoms with Crippen LogP contribution in [0.15, 0.2) is 60.9 Å². The van der Waals surface area contributed by atoms with E-state index in [0.717, 1.165) is 54.9 Å². The van der Waals surface area contributed by atoms with Crippen LogP contribution in [0.25, 0.3) is 0 Å². The van der Waals surface area contributed by atoms with E-state index in [-0.39, 0.29) is 5.95 Å². The standard InChI is InChI=1S/C24H32FNO.C15H22FN/c1-2-3-4-17-27-23-14-12-22(13-15-23)21-10-7-19(8-11-21)5-6-20-9-16-24(25)26-18-20;1-2-12-3-5-13(6-4-12)7-8-14-9-10-15(16)17-11-14/h9,12-16,18-19,21H,2-8,10-11,17H2,1H3;9-13H,2-8H2,1H3/t19-,21-;12-,13-. The summed E-state index contributed by atoms with van der Waals surface area (Å²) in [5.41, 5.74) is 3.77. The van der Waals surface area contributed by atoms with E-state index in [9.17, 15) is 8.78 Å². The van der Waals surface area contributed by atoms with Crippen molar-refractivity contribution < 1.29 is 13.5 Å². The minimum Gasteiger partial charge on any atom is -0.494 e. The molecule has 1 aromatic carbocycles. The van der Waals surface area contributed by atoms with Gasteiger partial charge in [-0.2, -0.15) is 8.78 Å². The van der Waals surface area contributed by atoms with Crippen LogP contribution in [0.5, 0.6) is 5.75 Å². The molecule has 0 amide bonds. The molecule has 0 unspecified atom stereocenters. The maximum atomic E-state index is 12.9. The number of rotatable bonds is 13. The molecule has 2 saturated carbocycles. The zero-order chi connectivity index (χ0) is 31.0. The van der Waals surface area contributed by atoms with Gasteiger partial charge in [0.2, 0.25) is 11.9 Å². The van der Waals surface area contributed by atoms with Crippen molar-refractivity contribution >= 4 is 0 Å². The minimum atomic E-state index is -0.392. The Labute approximate surface area is 265 Å². The van der Waals surface area contributed by atoms with Crippen molar-refractivity contribution in [2.45, 2.75) is 122 Å². The van der Waals surface area contributed by atoms with E-state index in [2.05, 4.69) is 48.1 Å². The Kier molecular flexibility index (Phi) is 14.6. The monoisotopic (exact) mass is 604 g/mol. The molecular formula is C39H54F2N2O. The van der Waals surface area contributed by atoms with Gasteiger partial charge in [0.15, 0.2) is 0 Å². The van der Waals surface area contributed by atoms with Gasteiger partial charge < -0.3 is 4.74 Å². The number of unbranched alkanes of at least 4 members (excludes halogenated alkanes) is 2. The van der Waals surface area contributed by atoms with Gasteiger partial charge in [-0.1, -0.05) is 83.1 Å². The molecule has 3 nitrogen and oxygen atoms in total. The van der Waals surface area contributed by atoms with Crippen LogP contribution in [-0.4, -0.2) is 16.6 Å². The minimum absolute atomic E-state index is 0.378. The molecule has 0 aliphatic heterocycles. The number of nitrogens with zero attached hydrogens (tertiary/aromatic N) is 2. The van der Waals surface area contributed by atoms with E-state index in [1.807, 2.05) is 12.1 Å². The van der Waals surface area contributed by atoms with Gasteiger partial charge >= 0.3 is 0 Å². The second-order valence-corrected chi connectivity index (χ2v) is 13.2.